The number of rotatable bonds is 2. The Kier molecular flexibility index (Phi) is 4.83. The molecule has 3 aromatic rings. The van der Waals surface area contributed by atoms with Crippen molar-refractivity contribution in [3.63, 3.8) is 0 Å². The van der Waals surface area contributed by atoms with Gasteiger partial charge >= 0.3 is 0 Å². The average molecular weight is 428 g/mol. The van der Waals surface area contributed by atoms with Gasteiger partial charge in [-0.05, 0) is 63.8 Å². The lowest BCUT2D eigenvalue weighted by Gasteiger charge is -2.20. The summed E-state index contributed by atoms with van der Waals surface area (Å²) in [6.45, 7) is 2.59. The molecule has 138 valence electrons. The standard InChI is InChI=1S/C21H19BrFN3O/c1-13(27)26-10-9-19(17-7-6-16(23)11-15(17)12-26)24-20-8-5-14-3-2-4-18(22)21(14)25-20/h2-8,11,19H,9-10,12H2,1H3,(H,24,25). The molecule has 1 aromatic heterocycles. The molecule has 1 N–H and O–H groups in total. The second kappa shape index (κ2) is 7.27. The Hall–Kier alpha value is -2.47. The van der Waals surface area contributed by atoms with Gasteiger partial charge in [0.1, 0.15) is 11.6 Å². The zero-order valence-corrected chi connectivity index (χ0v) is 16.5. The minimum atomic E-state index is -0.286. The van der Waals surface area contributed by atoms with E-state index in [9.17, 15) is 9.18 Å². The molecule has 0 bridgehead atoms. The Labute approximate surface area is 165 Å². The van der Waals surface area contributed by atoms with E-state index in [2.05, 4.69) is 21.2 Å². The third-order valence-electron chi connectivity index (χ3n) is 4.97. The zero-order valence-electron chi connectivity index (χ0n) is 14.9. The van der Waals surface area contributed by atoms with Crippen molar-refractivity contribution in [3.05, 3.63) is 69.9 Å². The maximum Gasteiger partial charge on any atom is 0.219 e. The van der Waals surface area contributed by atoms with E-state index in [0.29, 0.717) is 13.1 Å². The molecule has 4 nitrogen and oxygen atoms in total. The summed E-state index contributed by atoms with van der Waals surface area (Å²) < 4.78 is 14.7. The van der Waals surface area contributed by atoms with Gasteiger partial charge in [0.05, 0.1) is 11.6 Å². The van der Waals surface area contributed by atoms with Gasteiger partial charge in [-0.15, -0.1) is 0 Å². The van der Waals surface area contributed by atoms with E-state index in [0.717, 1.165) is 38.7 Å². The van der Waals surface area contributed by atoms with Crippen molar-refractivity contribution in [2.24, 2.45) is 0 Å². The highest BCUT2D eigenvalue weighted by molar-refractivity contribution is 9.10. The molecule has 1 amide bonds. The molecule has 2 aromatic carbocycles. The summed E-state index contributed by atoms with van der Waals surface area (Å²) in [6, 6.07) is 14.7. The molecule has 27 heavy (non-hydrogen) atoms. The number of halogens is 2. The number of carbonyl (C=O) groups is 1. The second-order valence-electron chi connectivity index (χ2n) is 6.78. The molecule has 0 saturated heterocycles. The fraction of sp³-hybridized carbons (Fsp3) is 0.238. The number of hydrogen-bond donors (Lipinski definition) is 1. The molecule has 0 radical (unpaired) electrons. The van der Waals surface area contributed by atoms with Crippen LogP contribution in [0, 0.1) is 5.82 Å². The number of nitrogens with one attached hydrogen (secondary N) is 1. The van der Waals surface area contributed by atoms with Crippen molar-refractivity contribution >= 4 is 38.6 Å². The van der Waals surface area contributed by atoms with Crippen LogP contribution < -0.4 is 5.32 Å². The summed E-state index contributed by atoms with van der Waals surface area (Å²) in [5, 5.41) is 4.54. The van der Waals surface area contributed by atoms with Gasteiger partial charge in [0.2, 0.25) is 5.91 Å². The smallest absolute Gasteiger partial charge is 0.219 e. The Balaban J connectivity index is 1.69. The number of pyridine rings is 1. The van der Waals surface area contributed by atoms with Crippen LogP contribution in [0.5, 0.6) is 0 Å². The van der Waals surface area contributed by atoms with Crippen LogP contribution >= 0.6 is 15.9 Å². The molecule has 2 heterocycles. The van der Waals surface area contributed by atoms with Crippen molar-refractivity contribution in [2.75, 3.05) is 11.9 Å². The summed E-state index contributed by atoms with van der Waals surface area (Å²) in [4.78, 5) is 18.4. The zero-order chi connectivity index (χ0) is 19.0. The van der Waals surface area contributed by atoms with E-state index < -0.39 is 0 Å². The Morgan fingerprint density at radius 2 is 2.11 bits per heavy atom. The summed E-state index contributed by atoms with van der Waals surface area (Å²) in [6.07, 6.45) is 0.730. The lowest BCUT2D eigenvalue weighted by atomic mass is 9.99. The monoisotopic (exact) mass is 427 g/mol. The maximum atomic E-state index is 13.8. The van der Waals surface area contributed by atoms with Crippen molar-refractivity contribution in [1.29, 1.82) is 0 Å². The van der Waals surface area contributed by atoms with E-state index in [-0.39, 0.29) is 17.8 Å². The van der Waals surface area contributed by atoms with Crippen LogP contribution in [0.1, 0.15) is 30.5 Å². The van der Waals surface area contributed by atoms with Gasteiger partial charge in [-0.2, -0.15) is 0 Å². The number of hydrogen-bond acceptors (Lipinski definition) is 3. The van der Waals surface area contributed by atoms with Gasteiger partial charge in [-0.1, -0.05) is 18.2 Å². The molecule has 6 heteroatoms. The normalized spacial score (nSPS) is 16.7. The van der Waals surface area contributed by atoms with E-state index >= 15 is 0 Å². The number of fused-ring (bicyclic) bond motifs is 2. The number of para-hydroxylation sites is 1. The molecule has 0 aliphatic carbocycles. The van der Waals surface area contributed by atoms with Crippen LogP contribution in [-0.4, -0.2) is 22.3 Å². The molecular weight excluding hydrogens is 409 g/mol. The molecule has 1 aliphatic heterocycles. The van der Waals surface area contributed by atoms with Crippen molar-refractivity contribution in [1.82, 2.24) is 9.88 Å². The number of anilines is 1. The highest BCUT2D eigenvalue weighted by Gasteiger charge is 2.24. The summed E-state index contributed by atoms with van der Waals surface area (Å²) in [5.41, 5.74) is 2.73. The fourth-order valence-corrected chi connectivity index (χ4v) is 4.03. The van der Waals surface area contributed by atoms with Gasteiger partial charge in [0.25, 0.3) is 0 Å². The van der Waals surface area contributed by atoms with Crippen molar-refractivity contribution in [2.45, 2.75) is 25.9 Å². The number of nitrogens with zero attached hydrogens (tertiary/aromatic N) is 2. The van der Waals surface area contributed by atoms with E-state index in [1.165, 1.54) is 12.1 Å². The van der Waals surface area contributed by atoms with Gasteiger partial charge < -0.3 is 10.2 Å². The predicted molar refractivity (Wildman–Crippen MR) is 108 cm³/mol. The molecular formula is C21H19BrFN3O. The Bertz CT molecular complexity index is 1020. The third-order valence-corrected chi connectivity index (χ3v) is 5.61. The van der Waals surface area contributed by atoms with Gasteiger partial charge in [-0.3, -0.25) is 4.79 Å². The fourth-order valence-electron chi connectivity index (χ4n) is 3.56. The van der Waals surface area contributed by atoms with Gasteiger partial charge in [0.15, 0.2) is 0 Å². The van der Waals surface area contributed by atoms with Crippen molar-refractivity contribution in [3.8, 4) is 0 Å². The highest BCUT2D eigenvalue weighted by Crippen LogP contribution is 2.31. The second-order valence-corrected chi connectivity index (χ2v) is 7.63. The van der Waals surface area contributed by atoms with Crippen LogP contribution in [0.15, 0.2) is 53.0 Å². The van der Waals surface area contributed by atoms with E-state index in [1.807, 2.05) is 36.4 Å². The summed E-state index contributed by atoms with van der Waals surface area (Å²) in [7, 11) is 0. The summed E-state index contributed by atoms with van der Waals surface area (Å²) in [5.74, 6) is 0.468. The van der Waals surface area contributed by atoms with Crippen LogP contribution in [0.3, 0.4) is 0 Å². The third kappa shape index (κ3) is 3.67. The lowest BCUT2D eigenvalue weighted by Crippen LogP contribution is -2.28. The first-order valence-corrected chi connectivity index (χ1v) is 9.66. The maximum absolute atomic E-state index is 13.8. The summed E-state index contributed by atoms with van der Waals surface area (Å²) >= 11 is 3.55. The number of aromatic nitrogens is 1. The predicted octanol–water partition coefficient (Wildman–Crippen LogP) is 5.04. The van der Waals surface area contributed by atoms with E-state index in [4.69, 9.17) is 4.98 Å². The van der Waals surface area contributed by atoms with E-state index in [1.54, 1.807) is 11.8 Å². The first-order chi connectivity index (χ1) is 13.0. The molecule has 1 atom stereocenters. The number of benzene rings is 2. The average Bonchev–Trinajstić information content (AvgIpc) is 2.82. The van der Waals surface area contributed by atoms with Gasteiger partial charge in [-0.25, -0.2) is 9.37 Å². The molecule has 0 spiro atoms. The minimum Gasteiger partial charge on any atom is -0.363 e. The van der Waals surface area contributed by atoms with Crippen LogP contribution in [0.4, 0.5) is 10.2 Å². The van der Waals surface area contributed by atoms with Gasteiger partial charge in [0, 0.05) is 29.9 Å². The molecule has 1 unspecified atom stereocenters. The minimum absolute atomic E-state index is 0.00128. The van der Waals surface area contributed by atoms with Crippen LogP contribution in [-0.2, 0) is 11.3 Å². The molecule has 0 fully saturated rings. The largest absolute Gasteiger partial charge is 0.363 e. The quantitative estimate of drug-likeness (QED) is 0.622. The highest BCUT2D eigenvalue weighted by atomic mass is 79.9. The Morgan fingerprint density at radius 1 is 1.26 bits per heavy atom. The van der Waals surface area contributed by atoms with Crippen molar-refractivity contribution < 1.29 is 9.18 Å². The molecule has 4 rings (SSSR count). The number of carbonyl (C=O) groups excluding carboxylic acids is 1. The van der Waals surface area contributed by atoms with Crippen LogP contribution in [0.25, 0.3) is 10.9 Å². The topological polar surface area (TPSA) is 45.2 Å². The molecule has 1 aliphatic rings. The Morgan fingerprint density at radius 3 is 2.93 bits per heavy atom. The first-order valence-electron chi connectivity index (χ1n) is 8.87. The van der Waals surface area contributed by atoms with Crippen LogP contribution in [0.2, 0.25) is 0 Å². The lowest BCUT2D eigenvalue weighted by molar-refractivity contribution is -0.129. The number of amides is 1. The SMILES string of the molecule is CC(=O)N1CCC(Nc2ccc3cccc(Br)c3n2)c2ccc(F)cc2C1. The first kappa shape index (κ1) is 17.9. The molecule has 0 saturated carbocycles.